The second kappa shape index (κ2) is 8.08. The highest BCUT2D eigenvalue weighted by Gasteiger charge is 2.14. The minimum atomic E-state index is 0.461. The lowest BCUT2D eigenvalue weighted by Gasteiger charge is -2.29. The van der Waals surface area contributed by atoms with Crippen molar-refractivity contribution < 1.29 is 4.74 Å². The van der Waals surface area contributed by atoms with E-state index in [1.165, 1.54) is 58.2 Å². The van der Waals surface area contributed by atoms with Crippen LogP contribution >= 0.6 is 0 Å². The Morgan fingerprint density at radius 3 is 2.47 bits per heavy atom. The second-order valence-corrected chi connectivity index (χ2v) is 4.59. The molecule has 1 fully saturated rings. The van der Waals surface area contributed by atoms with Crippen LogP contribution < -0.4 is 5.73 Å². The van der Waals surface area contributed by atoms with Gasteiger partial charge in [-0.25, -0.2) is 0 Å². The first-order valence-corrected chi connectivity index (χ1v) is 6.30. The summed E-state index contributed by atoms with van der Waals surface area (Å²) in [4.78, 5) is 2.56. The van der Waals surface area contributed by atoms with E-state index in [-0.39, 0.29) is 0 Å². The van der Waals surface area contributed by atoms with Crippen LogP contribution in [-0.2, 0) is 4.74 Å². The standard InChI is InChI=1S/C12H26N2O/c1-15-11-5-3-2-4-8-14-9-6-12(13)7-10-14/h12H,2-11,13H2,1H3. The van der Waals surface area contributed by atoms with E-state index in [9.17, 15) is 0 Å². The number of piperidine rings is 1. The topological polar surface area (TPSA) is 38.5 Å². The number of hydrogen-bond acceptors (Lipinski definition) is 3. The molecule has 0 saturated carbocycles. The van der Waals surface area contributed by atoms with Gasteiger partial charge in [-0.3, -0.25) is 0 Å². The normalized spacial score (nSPS) is 19.6. The zero-order chi connectivity index (χ0) is 10.9. The molecule has 0 bridgehead atoms. The second-order valence-electron chi connectivity index (χ2n) is 4.59. The summed E-state index contributed by atoms with van der Waals surface area (Å²) in [6.45, 7) is 4.59. The van der Waals surface area contributed by atoms with Crippen LogP contribution in [0.1, 0.15) is 38.5 Å². The highest BCUT2D eigenvalue weighted by molar-refractivity contribution is 4.73. The van der Waals surface area contributed by atoms with Gasteiger partial charge in [0.05, 0.1) is 0 Å². The maximum atomic E-state index is 5.87. The van der Waals surface area contributed by atoms with E-state index in [0.717, 1.165) is 6.61 Å². The average Bonchev–Trinajstić information content (AvgIpc) is 2.26. The molecule has 0 radical (unpaired) electrons. The van der Waals surface area contributed by atoms with Gasteiger partial charge in [0.1, 0.15) is 0 Å². The van der Waals surface area contributed by atoms with Crippen LogP contribution in [0.4, 0.5) is 0 Å². The molecular formula is C12H26N2O. The Morgan fingerprint density at radius 1 is 1.13 bits per heavy atom. The molecule has 1 aliphatic rings. The summed E-state index contributed by atoms with van der Waals surface area (Å²) >= 11 is 0. The van der Waals surface area contributed by atoms with Crippen LogP contribution in [0.3, 0.4) is 0 Å². The molecule has 0 unspecified atom stereocenters. The molecule has 1 heterocycles. The molecule has 0 spiro atoms. The van der Waals surface area contributed by atoms with Gasteiger partial charge in [-0.1, -0.05) is 12.8 Å². The number of hydrogen-bond donors (Lipinski definition) is 1. The van der Waals surface area contributed by atoms with E-state index < -0.39 is 0 Å². The van der Waals surface area contributed by atoms with Gasteiger partial charge in [-0.2, -0.15) is 0 Å². The lowest BCUT2D eigenvalue weighted by atomic mass is 10.1. The van der Waals surface area contributed by atoms with Crippen LogP contribution in [0, 0.1) is 0 Å². The van der Waals surface area contributed by atoms with Gasteiger partial charge < -0.3 is 15.4 Å². The Balaban J connectivity index is 1.87. The molecule has 3 nitrogen and oxygen atoms in total. The lowest BCUT2D eigenvalue weighted by Crippen LogP contribution is -2.39. The van der Waals surface area contributed by atoms with E-state index in [1.807, 2.05) is 0 Å². The molecule has 15 heavy (non-hydrogen) atoms. The Labute approximate surface area is 94.0 Å². The fourth-order valence-electron chi connectivity index (χ4n) is 2.11. The summed E-state index contributed by atoms with van der Waals surface area (Å²) < 4.78 is 5.03. The predicted molar refractivity (Wildman–Crippen MR) is 64.0 cm³/mol. The molecule has 1 saturated heterocycles. The van der Waals surface area contributed by atoms with E-state index in [2.05, 4.69) is 4.90 Å². The fourth-order valence-corrected chi connectivity index (χ4v) is 2.11. The molecule has 0 aliphatic carbocycles. The Bertz CT molecular complexity index is 145. The number of ether oxygens (including phenoxy) is 1. The summed E-state index contributed by atoms with van der Waals surface area (Å²) in [5, 5.41) is 0. The maximum absolute atomic E-state index is 5.87. The van der Waals surface area contributed by atoms with Crippen molar-refractivity contribution in [3.63, 3.8) is 0 Å². The quantitative estimate of drug-likeness (QED) is 0.654. The number of nitrogens with two attached hydrogens (primary N) is 1. The highest BCUT2D eigenvalue weighted by Crippen LogP contribution is 2.10. The van der Waals surface area contributed by atoms with Gasteiger partial charge in [-0.15, -0.1) is 0 Å². The predicted octanol–water partition coefficient (Wildman–Crippen LogP) is 1.62. The van der Waals surface area contributed by atoms with E-state index in [4.69, 9.17) is 10.5 Å². The molecule has 0 aromatic heterocycles. The summed E-state index contributed by atoms with van der Waals surface area (Å²) in [5.41, 5.74) is 5.87. The third-order valence-electron chi connectivity index (χ3n) is 3.21. The van der Waals surface area contributed by atoms with Crippen molar-refractivity contribution in [3.05, 3.63) is 0 Å². The smallest absolute Gasteiger partial charge is 0.0462 e. The van der Waals surface area contributed by atoms with Crippen molar-refractivity contribution in [2.75, 3.05) is 33.4 Å². The molecule has 3 heteroatoms. The van der Waals surface area contributed by atoms with E-state index >= 15 is 0 Å². The van der Waals surface area contributed by atoms with Crippen molar-refractivity contribution in [2.24, 2.45) is 5.73 Å². The number of rotatable bonds is 7. The molecule has 0 amide bonds. The summed E-state index contributed by atoms with van der Waals surface area (Å²) in [7, 11) is 1.77. The van der Waals surface area contributed by atoms with Gasteiger partial charge in [0, 0.05) is 19.8 Å². The van der Waals surface area contributed by atoms with Gasteiger partial charge in [0.25, 0.3) is 0 Å². The zero-order valence-electron chi connectivity index (χ0n) is 10.1. The third-order valence-corrected chi connectivity index (χ3v) is 3.21. The third kappa shape index (κ3) is 6.13. The van der Waals surface area contributed by atoms with Crippen LogP contribution in [0.5, 0.6) is 0 Å². The van der Waals surface area contributed by atoms with Gasteiger partial charge >= 0.3 is 0 Å². The van der Waals surface area contributed by atoms with Gasteiger partial charge in [-0.05, 0) is 45.3 Å². The van der Waals surface area contributed by atoms with Crippen molar-refractivity contribution in [1.29, 1.82) is 0 Å². The largest absolute Gasteiger partial charge is 0.385 e. The van der Waals surface area contributed by atoms with Crippen LogP contribution in [0.15, 0.2) is 0 Å². The number of unbranched alkanes of at least 4 members (excludes halogenated alkanes) is 3. The molecule has 0 aromatic carbocycles. The monoisotopic (exact) mass is 214 g/mol. The molecule has 2 N–H and O–H groups in total. The average molecular weight is 214 g/mol. The highest BCUT2D eigenvalue weighted by atomic mass is 16.5. The van der Waals surface area contributed by atoms with Crippen molar-refractivity contribution in [1.82, 2.24) is 4.90 Å². The molecule has 1 aliphatic heterocycles. The number of methoxy groups -OCH3 is 1. The Kier molecular flexibility index (Phi) is 6.98. The first kappa shape index (κ1) is 12.9. The van der Waals surface area contributed by atoms with Crippen LogP contribution in [-0.4, -0.2) is 44.3 Å². The van der Waals surface area contributed by atoms with Gasteiger partial charge in [0.15, 0.2) is 0 Å². The molecule has 0 aromatic rings. The van der Waals surface area contributed by atoms with Crippen molar-refractivity contribution >= 4 is 0 Å². The molecule has 90 valence electrons. The van der Waals surface area contributed by atoms with Crippen molar-refractivity contribution in [3.8, 4) is 0 Å². The Morgan fingerprint density at radius 2 is 1.80 bits per heavy atom. The number of likely N-dealkylation sites (tertiary alicyclic amines) is 1. The van der Waals surface area contributed by atoms with E-state index in [0.29, 0.717) is 6.04 Å². The van der Waals surface area contributed by atoms with Crippen molar-refractivity contribution in [2.45, 2.75) is 44.6 Å². The molecule has 1 rings (SSSR count). The lowest BCUT2D eigenvalue weighted by molar-refractivity contribution is 0.188. The van der Waals surface area contributed by atoms with Crippen LogP contribution in [0.25, 0.3) is 0 Å². The molecule has 0 atom stereocenters. The van der Waals surface area contributed by atoms with E-state index in [1.54, 1.807) is 7.11 Å². The first-order valence-electron chi connectivity index (χ1n) is 6.30. The summed E-state index contributed by atoms with van der Waals surface area (Å²) in [6.07, 6.45) is 7.56. The first-order chi connectivity index (χ1) is 7.33. The van der Waals surface area contributed by atoms with Gasteiger partial charge in [0.2, 0.25) is 0 Å². The molecular weight excluding hydrogens is 188 g/mol. The van der Waals surface area contributed by atoms with Crippen LogP contribution in [0.2, 0.25) is 0 Å². The fraction of sp³-hybridized carbons (Fsp3) is 1.00. The summed E-state index contributed by atoms with van der Waals surface area (Å²) in [5.74, 6) is 0. The minimum absolute atomic E-state index is 0.461. The number of nitrogens with zero attached hydrogens (tertiary/aromatic N) is 1. The summed E-state index contributed by atoms with van der Waals surface area (Å²) in [6, 6.07) is 0.461. The zero-order valence-corrected chi connectivity index (χ0v) is 10.1. The Hall–Kier alpha value is -0.120. The maximum Gasteiger partial charge on any atom is 0.0462 e. The SMILES string of the molecule is COCCCCCCN1CCC(N)CC1. The minimum Gasteiger partial charge on any atom is -0.385 e.